The molecule has 27 heavy (non-hydrogen) atoms. The maximum Gasteiger partial charge on any atom is 0.191 e. The van der Waals surface area contributed by atoms with E-state index >= 15 is 0 Å². The summed E-state index contributed by atoms with van der Waals surface area (Å²) in [5, 5.41) is 6.61. The van der Waals surface area contributed by atoms with Crippen LogP contribution in [0.15, 0.2) is 29.3 Å². The first-order chi connectivity index (χ1) is 13.3. The number of benzene rings is 1. The average Bonchev–Trinajstić information content (AvgIpc) is 2.71. The minimum atomic E-state index is 0.577. The lowest BCUT2D eigenvalue weighted by Crippen LogP contribution is -2.38. The van der Waals surface area contributed by atoms with E-state index in [1.165, 1.54) is 0 Å². The molecule has 1 aromatic rings. The number of nitrogens with zero attached hydrogens (tertiary/aromatic N) is 2. The van der Waals surface area contributed by atoms with Crippen LogP contribution in [0.2, 0.25) is 0 Å². The SMILES string of the molecule is CCNC(=NCc1ccccc1OCCN1CCOCC1)NCCCOC. The minimum Gasteiger partial charge on any atom is -0.492 e. The number of hydrogen-bond acceptors (Lipinski definition) is 5. The number of rotatable bonds is 11. The van der Waals surface area contributed by atoms with Crippen molar-refractivity contribution in [3.63, 3.8) is 0 Å². The van der Waals surface area contributed by atoms with Crippen LogP contribution in [0.4, 0.5) is 0 Å². The Morgan fingerprint density at radius 1 is 1.19 bits per heavy atom. The van der Waals surface area contributed by atoms with Crippen molar-refractivity contribution < 1.29 is 14.2 Å². The lowest BCUT2D eigenvalue weighted by atomic mass is 10.2. The molecule has 0 spiro atoms. The van der Waals surface area contributed by atoms with Crippen molar-refractivity contribution >= 4 is 5.96 Å². The van der Waals surface area contributed by atoms with Gasteiger partial charge in [-0.25, -0.2) is 4.99 Å². The van der Waals surface area contributed by atoms with Crippen molar-refractivity contribution in [3.8, 4) is 5.75 Å². The summed E-state index contributed by atoms with van der Waals surface area (Å²) in [7, 11) is 1.72. The number of methoxy groups -OCH3 is 1. The molecule has 7 nitrogen and oxygen atoms in total. The molecule has 2 rings (SSSR count). The van der Waals surface area contributed by atoms with Gasteiger partial charge < -0.3 is 24.8 Å². The molecule has 0 saturated carbocycles. The fourth-order valence-corrected chi connectivity index (χ4v) is 2.81. The maximum atomic E-state index is 6.04. The number of guanidine groups is 1. The van der Waals surface area contributed by atoms with Gasteiger partial charge in [0.15, 0.2) is 5.96 Å². The van der Waals surface area contributed by atoms with Gasteiger partial charge in [0, 0.05) is 52.0 Å². The zero-order valence-electron chi connectivity index (χ0n) is 16.7. The molecule has 1 heterocycles. The fourth-order valence-electron chi connectivity index (χ4n) is 2.81. The predicted molar refractivity (Wildman–Crippen MR) is 109 cm³/mol. The number of morpholine rings is 1. The van der Waals surface area contributed by atoms with E-state index in [1.54, 1.807) is 7.11 Å². The van der Waals surface area contributed by atoms with Crippen molar-refractivity contribution in [3.05, 3.63) is 29.8 Å². The molecule has 1 aromatic carbocycles. The molecule has 0 bridgehead atoms. The second-order valence-corrected chi connectivity index (χ2v) is 6.38. The van der Waals surface area contributed by atoms with Crippen molar-refractivity contribution in [1.82, 2.24) is 15.5 Å². The smallest absolute Gasteiger partial charge is 0.191 e. The van der Waals surface area contributed by atoms with Crippen LogP contribution >= 0.6 is 0 Å². The predicted octanol–water partition coefficient (Wildman–Crippen LogP) is 1.49. The van der Waals surface area contributed by atoms with Gasteiger partial charge in [-0.3, -0.25) is 4.90 Å². The van der Waals surface area contributed by atoms with Crippen LogP contribution in [0.25, 0.3) is 0 Å². The van der Waals surface area contributed by atoms with Crippen LogP contribution in [-0.2, 0) is 16.0 Å². The van der Waals surface area contributed by atoms with E-state index in [1.807, 2.05) is 18.2 Å². The summed E-state index contributed by atoms with van der Waals surface area (Å²) in [5.41, 5.74) is 1.09. The zero-order valence-corrected chi connectivity index (χ0v) is 16.7. The molecule has 1 aliphatic rings. The second kappa shape index (κ2) is 13.4. The third kappa shape index (κ3) is 8.60. The number of para-hydroxylation sites is 1. The van der Waals surface area contributed by atoms with Crippen molar-refractivity contribution in [1.29, 1.82) is 0 Å². The number of nitrogens with one attached hydrogen (secondary N) is 2. The molecule has 0 amide bonds. The highest BCUT2D eigenvalue weighted by Crippen LogP contribution is 2.19. The lowest BCUT2D eigenvalue weighted by molar-refractivity contribution is 0.0322. The summed E-state index contributed by atoms with van der Waals surface area (Å²) in [4.78, 5) is 7.06. The molecule has 1 aliphatic heterocycles. The Labute approximate surface area is 163 Å². The topological polar surface area (TPSA) is 67.4 Å². The Morgan fingerprint density at radius 3 is 2.78 bits per heavy atom. The Balaban J connectivity index is 1.84. The van der Waals surface area contributed by atoms with Crippen molar-refractivity contribution in [2.24, 2.45) is 4.99 Å². The van der Waals surface area contributed by atoms with Crippen molar-refractivity contribution in [2.75, 3.05) is 66.3 Å². The summed E-state index contributed by atoms with van der Waals surface area (Å²) in [5.74, 6) is 1.72. The van der Waals surface area contributed by atoms with Gasteiger partial charge in [-0.1, -0.05) is 18.2 Å². The van der Waals surface area contributed by atoms with E-state index < -0.39 is 0 Å². The van der Waals surface area contributed by atoms with E-state index in [0.717, 1.165) is 76.2 Å². The van der Waals surface area contributed by atoms with Crippen LogP contribution < -0.4 is 15.4 Å². The maximum absolute atomic E-state index is 6.04. The molecule has 0 atom stereocenters. The molecule has 7 heteroatoms. The van der Waals surface area contributed by atoms with E-state index in [-0.39, 0.29) is 0 Å². The highest BCUT2D eigenvalue weighted by atomic mass is 16.5. The first-order valence-corrected chi connectivity index (χ1v) is 9.85. The van der Waals surface area contributed by atoms with Gasteiger partial charge in [0.2, 0.25) is 0 Å². The Hall–Kier alpha value is -1.83. The summed E-state index contributed by atoms with van der Waals surface area (Å²) < 4.78 is 16.5. The quantitative estimate of drug-likeness (QED) is 0.345. The Bertz CT molecular complexity index is 548. The van der Waals surface area contributed by atoms with Gasteiger partial charge in [-0.15, -0.1) is 0 Å². The van der Waals surface area contributed by atoms with Gasteiger partial charge in [0.25, 0.3) is 0 Å². The van der Waals surface area contributed by atoms with Crippen LogP contribution in [0.1, 0.15) is 18.9 Å². The Morgan fingerprint density at radius 2 is 2.00 bits per heavy atom. The third-order valence-electron chi connectivity index (χ3n) is 4.31. The minimum absolute atomic E-state index is 0.577. The van der Waals surface area contributed by atoms with E-state index in [2.05, 4.69) is 33.5 Å². The first kappa shape index (κ1) is 21.5. The van der Waals surface area contributed by atoms with Gasteiger partial charge in [-0.05, 0) is 19.4 Å². The molecular formula is C20H34N4O3. The van der Waals surface area contributed by atoms with Gasteiger partial charge in [0.05, 0.1) is 19.8 Å². The van der Waals surface area contributed by atoms with Crippen LogP contribution in [0.3, 0.4) is 0 Å². The van der Waals surface area contributed by atoms with E-state index in [9.17, 15) is 0 Å². The monoisotopic (exact) mass is 378 g/mol. The number of ether oxygens (including phenoxy) is 3. The second-order valence-electron chi connectivity index (χ2n) is 6.38. The van der Waals surface area contributed by atoms with Gasteiger partial charge >= 0.3 is 0 Å². The molecule has 152 valence electrons. The summed E-state index contributed by atoms with van der Waals surface area (Å²) in [6, 6.07) is 8.12. The molecule has 1 fully saturated rings. The van der Waals surface area contributed by atoms with Crippen LogP contribution in [-0.4, -0.2) is 77.1 Å². The molecule has 2 N–H and O–H groups in total. The highest BCUT2D eigenvalue weighted by Gasteiger charge is 2.10. The summed E-state index contributed by atoms with van der Waals surface area (Å²) >= 11 is 0. The number of hydrogen-bond donors (Lipinski definition) is 2. The highest BCUT2D eigenvalue weighted by molar-refractivity contribution is 5.79. The molecular weight excluding hydrogens is 344 g/mol. The summed E-state index contributed by atoms with van der Waals surface area (Å²) in [6.45, 7) is 10.2. The molecule has 0 aliphatic carbocycles. The fraction of sp³-hybridized carbons (Fsp3) is 0.650. The van der Waals surface area contributed by atoms with Crippen LogP contribution in [0.5, 0.6) is 5.75 Å². The van der Waals surface area contributed by atoms with E-state index in [0.29, 0.717) is 13.2 Å². The summed E-state index contributed by atoms with van der Waals surface area (Å²) in [6.07, 6.45) is 0.947. The molecule has 0 unspecified atom stereocenters. The number of aliphatic imine (C=N–C) groups is 1. The Kier molecular flexibility index (Phi) is 10.6. The van der Waals surface area contributed by atoms with Gasteiger partial charge in [-0.2, -0.15) is 0 Å². The first-order valence-electron chi connectivity index (χ1n) is 9.85. The lowest BCUT2D eigenvalue weighted by Gasteiger charge is -2.26. The van der Waals surface area contributed by atoms with Gasteiger partial charge in [0.1, 0.15) is 12.4 Å². The van der Waals surface area contributed by atoms with E-state index in [4.69, 9.17) is 14.2 Å². The largest absolute Gasteiger partial charge is 0.492 e. The normalized spacial score (nSPS) is 15.6. The standard InChI is InChI=1S/C20H34N4O3/c1-3-21-20(22-9-6-13-25-2)23-17-18-7-4-5-8-19(18)27-16-12-24-10-14-26-15-11-24/h4-5,7-8H,3,6,9-17H2,1-2H3,(H2,21,22,23). The van der Waals surface area contributed by atoms with Crippen molar-refractivity contribution in [2.45, 2.75) is 19.9 Å². The third-order valence-corrected chi connectivity index (χ3v) is 4.31. The molecule has 0 radical (unpaired) electrons. The average molecular weight is 379 g/mol. The molecule has 1 saturated heterocycles. The van der Waals surface area contributed by atoms with Crippen LogP contribution in [0, 0.1) is 0 Å². The molecule has 0 aromatic heterocycles. The zero-order chi connectivity index (χ0) is 19.2.